The normalized spacial score (nSPS) is 9.81. The van der Waals surface area contributed by atoms with E-state index < -0.39 is 0 Å². The molecule has 80 valence electrons. The highest BCUT2D eigenvalue weighted by atomic mass is 35.5. The maximum atomic E-state index is 11.7. The maximum Gasteiger partial charge on any atom is 0.274 e. The van der Waals surface area contributed by atoms with E-state index in [1.807, 2.05) is 0 Å². The molecule has 0 saturated carbocycles. The Bertz CT molecular complexity index is 484. The van der Waals surface area contributed by atoms with E-state index in [2.05, 4.69) is 15.3 Å². The van der Waals surface area contributed by atoms with Crippen LogP contribution in [0.3, 0.4) is 0 Å². The van der Waals surface area contributed by atoms with Crippen molar-refractivity contribution in [3.63, 3.8) is 0 Å². The van der Waals surface area contributed by atoms with Crippen LogP contribution in [-0.4, -0.2) is 15.9 Å². The quantitative estimate of drug-likeness (QED) is 0.867. The number of hydrogen-bond donors (Lipinski definition) is 1. The summed E-state index contributed by atoms with van der Waals surface area (Å²) in [6.07, 6.45) is 2.85. The van der Waals surface area contributed by atoms with Crippen LogP contribution in [0.4, 0.5) is 5.69 Å². The molecule has 0 aliphatic rings. The zero-order valence-electron chi connectivity index (χ0n) is 8.22. The fraction of sp³-hybridized carbons (Fsp3) is 0. The minimum Gasteiger partial charge on any atom is -0.321 e. The second kappa shape index (κ2) is 4.72. The lowest BCUT2D eigenvalue weighted by molar-refractivity contribution is 0.102. The molecule has 1 aromatic carbocycles. The van der Waals surface area contributed by atoms with Crippen LogP contribution in [0.25, 0.3) is 0 Å². The molecule has 0 spiro atoms. The average molecular weight is 234 g/mol. The minimum atomic E-state index is -0.273. The molecule has 1 aromatic heterocycles. The molecule has 0 radical (unpaired) electrons. The van der Waals surface area contributed by atoms with Crippen molar-refractivity contribution in [2.45, 2.75) is 0 Å². The topological polar surface area (TPSA) is 54.9 Å². The summed E-state index contributed by atoms with van der Waals surface area (Å²) in [7, 11) is 0. The van der Waals surface area contributed by atoms with Crippen molar-refractivity contribution in [1.29, 1.82) is 0 Å². The van der Waals surface area contributed by atoms with Crippen molar-refractivity contribution in [3.8, 4) is 0 Å². The van der Waals surface area contributed by atoms with Gasteiger partial charge in [0, 0.05) is 16.9 Å². The van der Waals surface area contributed by atoms with Crippen molar-refractivity contribution in [1.82, 2.24) is 9.97 Å². The molecule has 0 fully saturated rings. The zero-order chi connectivity index (χ0) is 11.4. The molecular weight excluding hydrogens is 226 g/mol. The van der Waals surface area contributed by atoms with E-state index in [1.54, 1.807) is 30.3 Å². The van der Waals surface area contributed by atoms with E-state index in [-0.39, 0.29) is 5.91 Å². The monoisotopic (exact) mass is 233 g/mol. The van der Waals surface area contributed by atoms with Crippen LogP contribution in [0.15, 0.2) is 42.9 Å². The van der Waals surface area contributed by atoms with Crippen LogP contribution in [0.1, 0.15) is 10.5 Å². The summed E-state index contributed by atoms with van der Waals surface area (Å²) in [4.78, 5) is 19.2. The van der Waals surface area contributed by atoms with Gasteiger partial charge in [-0.2, -0.15) is 0 Å². The van der Waals surface area contributed by atoms with Crippen LogP contribution in [-0.2, 0) is 0 Å². The summed E-state index contributed by atoms with van der Waals surface area (Å²) >= 11 is 5.73. The molecule has 16 heavy (non-hydrogen) atoms. The number of carbonyl (C=O) groups excluding carboxylic acids is 1. The average Bonchev–Trinajstić information content (AvgIpc) is 2.33. The number of halogens is 1. The number of anilines is 1. The van der Waals surface area contributed by atoms with Gasteiger partial charge in [0.25, 0.3) is 5.91 Å². The van der Waals surface area contributed by atoms with E-state index in [9.17, 15) is 4.79 Å². The number of amides is 1. The Hall–Kier alpha value is -1.94. The van der Waals surface area contributed by atoms with E-state index in [4.69, 9.17) is 11.6 Å². The van der Waals surface area contributed by atoms with Crippen LogP contribution in [0.5, 0.6) is 0 Å². The predicted octanol–water partition coefficient (Wildman–Crippen LogP) is 2.38. The number of rotatable bonds is 2. The van der Waals surface area contributed by atoms with Crippen LogP contribution in [0, 0.1) is 0 Å². The minimum absolute atomic E-state index is 0.273. The Morgan fingerprint density at radius 2 is 1.94 bits per heavy atom. The van der Waals surface area contributed by atoms with Gasteiger partial charge in [0.2, 0.25) is 0 Å². The zero-order valence-corrected chi connectivity index (χ0v) is 8.98. The van der Waals surface area contributed by atoms with Gasteiger partial charge in [0.15, 0.2) is 0 Å². The fourth-order valence-electron chi connectivity index (χ4n) is 1.15. The van der Waals surface area contributed by atoms with Gasteiger partial charge >= 0.3 is 0 Å². The molecule has 2 aromatic rings. The third kappa shape index (κ3) is 2.55. The van der Waals surface area contributed by atoms with Gasteiger partial charge in [-0.25, -0.2) is 9.97 Å². The fourth-order valence-corrected chi connectivity index (χ4v) is 1.28. The first-order chi connectivity index (χ1) is 7.75. The summed E-state index contributed by atoms with van der Waals surface area (Å²) in [5, 5.41) is 3.32. The lowest BCUT2D eigenvalue weighted by atomic mass is 10.3. The molecule has 0 aliphatic heterocycles. The Morgan fingerprint density at radius 3 is 2.56 bits per heavy atom. The van der Waals surface area contributed by atoms with Gasteiger partial charge in [-0.1, -0.05) is 11.6 Å². The standard InChI is InChI=1S/C11H8ClN3O/c12-8-1-3-9(4-2-8)15-11(16)10-5-6-13-7-14-10/h1-7H,(H,15,16). The summed E-state index contributed by atoms with van der Waals surface area (Å²) in [6, 6.07) is 8.41. The van der Waals surface area contributed by atoms with Gasteiger partial charge in [-0.05, 0) is 30.3 Å². The second-order valence-corrected chi connectivity index (χ2v) is 3.49. The van der Waals surface area contributed by atoms with Gasteiger partial charge < -0.3 is 5.32 Å². The molecule has 0 bridgehead atoms. The van der Waals surface area contributed by atoms with E-state index in [0.717, 1.165) is 0 Å². The van der Waals surface area contributed by atoms with Gasteiger partial charge in [0.05, 0.1) is 0 Å². The maximum absolute atomic E-state index is 11.7. The van der Waals surface area contributed by atoms with Gasteiger partial charge in [0.1, 0.15) is 12.0 Å². The largest absolute Gasteiger partial charge is 0.321 e. The lowest BCUT2D eigenvalue weighted by Gasteiger charge is -2.03. The number of hydrogen-bond acceptors (Lipinski definition) is 3. The molecule has 0 unspecified atom stereocenters. The Morgan fingerprint density at radius 1 is 1.19 bits per heavy atom. The van der Waals surface area contributed by atoms with Crippen molar-refractivity contribution < 1.29 is 4.79 Å². The second-order valence-electron chi connectivity index (χ2n) is 3.06. The van der Waals surface area contributed by atoms with Gasteiger partial charge in [-0.15, -0.1) is 0 Å². The van der Waals surface area contributed by atoms with Crippen molar-refractivity contribution in [3.05, 3.63) is 53.6 Å². The smallest absolute Gasteiger partial charge is 0.274 e. The van der Waals surface area contributed by atoms with Crippen molar-refractivity contribution in [2.24, 2.45) is 0 Å². The van der Waals surface area contributed by atoms with E-state index in [0.29, 0.717) is 16.4 Å². The molecule has 0 aliphatic carbocycles. The van der Waals surface area contributed by atoms with Crippen LogP contribution < -0.4 is 5.32 Å². The first-order valence-electron chi connectivity index (χ1n) is 4.58. The highest BCUT2D eigenvalue weighted by molar-refractivity contribution is 6.30. The Kier molecular flexibility index (Phi) is 3.12. The molecule has 1 heterocycles. The molecule has 2 rings (SSSR count). The number of nitrogens with zero attached hydrogens (tertiary/aromatic N) is 2. The Labute approximate surface area is 97.3 Å². The first-order valence-corrected chi connectivity index (χ1v) is 4.96. The summed E-state index contributed by atoms with van der Waals surface area (Å²) in [5.74, 6) is -0.273. The molecular formula is C11H8ClN3O. The van der Waals surface area contributed by atoms with Gasteiger partial charge in [-0.3, -0.25) is 4.79 Å². The number of nitrogens with one attached hydrogen (secondary N) is 1. The first kappa shape index (κ1) is 10.6. The number of aromatic nitrogens is 2. The third-order valence-electron chi connectivity index (χ3n) is 1.92. The summed E-state index contributed by atoms with van der Waals surface area (Å²) < 4.78 is 0. The van der Waals surface area contributed by atoms with Crippen molar-refractivity contribution >= 4 is 23.2 Å². The van der Waals surface area contributed by atoms with E-state index >= 15 is 0 Å². The summed E-state index contributed by atoms with van der Waals surface area (Å²) in [6.45, 7) is 0. The highest BCUT2D eigenvalue weighted by Gasteiger charge is 2.06. The third-order valence-corrected chi connectivity index (χ3v) is 2.17. The number of carbonyl (C=O) groups is 1. The Balaban J connectivity index is 2.11. The van der Waals surface area contributed by atoms with Crippen LogP contribution in [0.2, 0.25) is 5.02 Å². The molecule has 1 N–H and O–H groups in total. The molecule has 0 saturated heterocycles. The molecule has 4 nitrogen and oxygen atoms in total. The number of benzene rings is 1. The highest BCUT2D eigenvalue weighted by Crippen LogP contribution is 2.13. The SMILES string of the molecule is O=C(Nc1ccc(Cl)cc1)c1ccncn1. The summed E-state index contributed by atoms with van der Waals surface area (Å²) in [5.41, 5.74) is 0.998. The molecule has 5 heteroatoms. The molecule has 1 amide bonds. The van der Waals surface area contributed by atoms with Crippen molar-refractivity contribution in [2.75, 3.05) is 5.32 Å². The van der Waals surface area contributed by atoms with Crippen LogP contribution >= 0.6 is 11.6 Å². The lowest BCUT2D eigenvalue weighted by Crippen LogP contribution is -2.13. The van der Waals surface area contributed by atoms with E-state index in [1.165, 1.54) is 12.5 Å². The molecule has 0 atom stereocenters. The predicted molar refractivity (Wildman–Crippen MR) is 61.4 cm³/mol.